The van der Waals surface area contributed by atoms with E-state index in [2.05, 4.69) is 21.2 Å². The Bertz CT molecular complexity index is 591. The lowest BCUT2D eigenvalue weighted by molar-refractivity contribution is 0.445. The quantitative estimate of drug-likeness (QED) is 0.798. The highest BCUT2D eigenvalue weighted by molar-refractivity contribution is 9.10. The number of halogens is 4. The highest BCUT2D eigenvalue weighted by atomic mass is 79.9. The first-order chi connectivity index (χ1) is 8.97. The molecule has 0 aliphatic carbocycles. The first kappa shape index (κ1) is 13.9. The van der Waals surface area contributed by atoms with Crippen LogP contribution in [0.5, 0.6) is 0 Å². The molecule has 1 N–H and O–H groups in total. The molecule has 0 atom stereocenters. The van der Waals surface area contributed by atoms with Gasteiger partial charge in [0.05, 0.1) is 0 Å². The number of hydrogen-bond acceptors (Lipinski definition) is 1. The van der Waals surface area contributed by atoms with E-state index in [1.54, 1.807) is 0 Å². The maximum atomic E-state index is 13.0. The third kappa shape index (κ3) is 3.29. The van der Waals surface area contributed by atoms with Crippen LogP contribution < -0.4 is 5.32 Å². The van der Waals surface area contributed by atoms with Gasteiger partial charge in [0.15, 0.2) is 17.5 Å². The normalized spacial score (nSPS) is 10.6. The lowest BCUT2D eigenvalue weighted by atomic mass is 10.2. The third-order valence-corrected chi connectivity index (χ3v) is 3.59. The zero-order valence-electron chi connectivity index (χ0n) is 10.1. The topological polar surface area (TPSA) is 12.0 Å². The molecule has 0 radical (unpaired) electrons. The average Bonchev–Trinajstić information content (AvgIpc) is 2.37. The van der Waals surface area contributed by atoms with Crippen molar-refractivity contribution in [2.45, 2.75) is 13.5 Å². The number of hydrogen-bond donors (Lipinski definition) is 1. The monoisotopic (exact) mass is 329 g/mol. The van der Waals surface area contributed by atoms with Gasteiger partial charge in [-0.2, -0.15) is 0 Å². The van der Waals surface area contributed by atoms with Gasteiger partial charge in [0.25, 0.3) is 0 Å². The van der Waals surface area contributed by atoms with Crippen molar-refractivity contribution < 1.29 is 13.2 Å². The van der Waals surface area contributed by atoms with Crippen molar-refractivity contribution in [1.82, 2.24) is 0 Å². The van der Waals surface area contributed by atoms with Crippen LogP contribution >= 0.6 is 15.9 Å². The van der Waals surface area contributed by atoms with E-state index in [0.29, 0.717) is 5.56 Å². The predicted octanol–water partition coefficient (Wildman–Crippen LogP) is 4.79. The molecule has 2 aromatic rings. The summed E-state index contributed by atoms with van der Waals surface area (Å²) in [6, 6.07) is 7.59. The summed E-state index contributed by atoms with van der Waals surface area (Å²) < 4.78 is 39.8. The first-order valence-corrected chi connectivity index (χ1v) is 6.40. The summed E-state index contributed by atoms with van der Waals surface area (Å²) in [5, 5.41) is 3.03. The summed E-state index contributed by atoms with van der Waals surface area (Å²) in [6.45, 7) is 2.15. The molecular weight excluding hydrogens is 319 g/mol. The first-order valence-electron chi connectivity index (χ1n) is 5.61. The van der Waals surface area contributed by atoms with Crippen molar-refractivity contribution >= 4 is 21.6 Å². The summed E-state index contributed by atoms with van der Waals surface area (Å²) in [6.07, 6.45) is 0. The van der Waals surface area contributed by atoms with Gasteiger partial charge in [-0.25, -0.2) is 13.2 Å². The van der Waals surface area contributed by atoms with E-state index in [1.165, 1.54) is 0 Å². The van der Waals surface area contributed by atoms with Crippen LogP contribution in [0.15, 0.2) is 34.8 Å². The largest absolute Gasteiger partial charge is 0.381 e. The number of anilines is 1. The fourth-order valence-electron chi connectivity index (χ4n) is 1.67. The number of nitrogens with one attached hydrogen (secondary N) is 1. The van der Waals surface area contributed by atoms with E-state index in [-0.39, 0.29) is 6.54 Å². The van der Waals surface area contributed by atoms with Crippen molar-refractivity contribution in [3.05, 3.63) is 63.4 Å². The van der Waals surface area contributed by atoms with Gasteiger partial charge in [-0.1, -0.05) is 15.9 Å². The number of aryl methyl sites for hydroxylation is 1. The highest BCUT2D eigenvalue weighted by Gasteiger charge is 2.10. The van der Waals surface area contributed by atoms with E-state index in [0.717, 1.165) is 27.9 Å². The van der Waals surface area contributed by atoms with Gasteiger partial charge in [0.2, 0.25) is 0 Å². The lowest BCUT2D eigenvalue weighted by Gasteiger charge is -2.09. The van der Waals surface area contributed by atoms with Crippen LogP contribution in [0.3, 0.4) is 0 Å². The maximum Gasteiger partial charge on any atom is 0.194 e. The second-order valence-corrected chi connectivity index (χ2v) is 5.05. The number of rotatable bonds is 3. The molecule has 2 aromatic carbocycles. The van der Waals surface area contributed by atoms with Gasteiger partial charge in [0.1, 0.15) is 0 Å². The molecule has 0 aliphatic rings. The lowest BCUT2D eigenvalue weighted by Crippen LogP contribution is -2.02. The standard InChI is InChI=1S/C14H11BrF3N/c1-8-4-10(2-3-11(8)15)19-7-9-5-12(16)14(18)13(17)6-9/h2-6,19H,7H2,1H3. The molecule has 0 saturated heterocycles. The zero-order valence-corrected chi connectivity index (χ0v) is 11.7. The fraction of sp³-hybridized carbons (Fsp3) is 0.143. The molecule has 100 valence electrons. The smallest absolute Gasteiger partial charge is 0.194 e. The highest BCUT2D eigenvalue weighted by Crippen LogP contribution is 2.21. The van der Waals surface area contributed by atoms with Crippen molar-refractivity contribution in [2.24, 2.45) is 0 Å². The summed E-state index contributed by atoms with van der Waals surface area (Å²) in [7, 11) is 0. The molecular formula is C14H11BrF3N. The molecule has 0 spiro atoms. The van der Waals surface area contributed by atoms with Crippen LogP contribution in [0.25, 0.3) is 0 Å². The summed E-state index contributed by atoms with van der Waals surface area (Å²) in [5.41, 5.74) is 2.21. The Kier molecular flexibility index (Phi) is 4.14. The molecule has 0 bridgehead atoms. The van der Waals surface area contributed by atoms with Crippen LogP contribution in [0.2, 0.25) is 0 Å². The second-order valence-electron chi connectivity index (χ2n) is 4.19. The van der Waals surface area contributed by atoms with Gasteiger partial charge in [-0.15, -0.1) is 0 Å². The Hall–Kier alpha value is -1.49. The summed E-state index contributed by atoms with van der Waals surface area (Å²) >= 11 is 3.38. The van der Waals surface area contributed by atoms with Crippen LogP contribution in [0, 0.1) is 24.4 Å². The minimum Gasteiger partial charge on any atom is -0.381 e. The molecule has 0 heterocycles. The zero-order chi connectivity index (χ0) is 14.0. The molecule has 5 heteroatoms. The number of benzene rings is 2. The van der Waals surface area contributed by atoms with Crippen molar-refractivity contribution in [2.75, 3.05) is 5.32 Å². The molecule has 0 aromatic heterocycles. The third-order valence-electron chi connectivity index (χ3n) is 2.70. The Morgan fingerprint density at radius 3 is 2.26 bits per heavy atom. The SMILES string of the molecule is Cc1cc(NCc2cc(F)c(F)c(F)c2)ccc1Br. The van der Waals surface area contributed by atoms with E-state index in [9.17, 15) is 13.2 Å². The Morgan fingerprint density at radius 2 is 1.68 bits per heavy atom. The van der Waals surface area contributed by atoms with Gasteiger partial charge in [0, 0.05) is 16.7 Å². The Morgan fingerprint density at radius 1 is 1.05 bits per heavy atom. The van der Waals surface area contributed by atoms with Gasteiger partial charge < -0.3 is 5.32 Å². The minimum atomic E-state index is -1.44. The average molecular weight is 330 g/mol. The minimum absolute atomic E-state index is 0.217. The summed E-state index contributed by atoms with van der Waals surface area (Å²) in [4.78, 5) is 0. The van der Waals surface area contributed by atoms with Crippen molar-refractivity contribution in [1.29, 1.82) is 0 Å². The van der Waals surface area contributed by atoms with Gasteiger partial charge in [-0.3, -0.25) is 0 Å². The molecule has 1 nitrogen and oxygen atoms in total. The van der Waals surface area contributed by atoms with Crippen LogP contribution in [-0.2, 0) is 6.54 Å². The molecule has 0 fully saturated rings. The van der Waals surface area contributed by atoms with E-state index >= 15 is 0 Å². The Balaban J connectivity index is 2.12. The van der Waals surface area contributed by atoms with Crippen molar-refractivity contribution in [3.8, 4) is 0 Å². The molecule has 0 unspecified atom stereocenters. The van der Waals surface area contributed by atoms with Crippen LogP contribution in [0.4, 0.5) is 18.9 Å². The Labute approximate surface area is 117 Å². The molecule has 19 heavy (non-hydrogen) atoms. The molecule has 2 rings (SSSR count). The predicted molar refractivity (Wildman–Crippen MR) is 72.5 cm³/mol. The summed E-state index contributed by atoms with van der Waals surface area (Å²) in [5.74, 6) is -3.80. The van der Waals surface area contributed by atoms with Crippen LogP contribution in [-0.4, -0.2) is 0 Å². The molecule has 0 saturated carbocycles. The van der Waals surface area contributed by atoms with E-state index in [4.69, 9.17) is 0 Å². The van der Waals surface area contributed by atoms with Gasteiger partial charge in [-0.05, 0) is 48.4 Å². The molecule has 0 aliphatic heterocycles. The fourth-order valence-corrected chi connectivity index (χ4v) is 1.92. The van der Waals surface area contributed by atoms with Crippen LogP contribution in [0.1, 0.15) is 11.1 Å². The van der Waals surface area contributed by atoms with Crippen molar-refractivity contribution in [3.63, 3.8) is 0 Å². The second kappa shape index (κ2) is 5.65. The maximum absolute atomic E-state index is 13.0. The van der Waals surface area contributed by atoms with E-state index in [1.807, 2.05) is 25.1 Å². The van der Waals surface area contributed by atoms with Gasteiger partial charge >= 0.3 is 0 Å². The molecule has 0 amide bonds. The van der Waals surface area contributed by atoms with E-state index < -0.39 is 17.5 Å².